The van der Waals surface area contributed by atoms with Crippen LogP contribution in [0.2, 0.25) is 0 Å². The van der Waals surface area contributed by atoms with E-state index in [2.05, 4.69) is 138 Å². The van der Waals surface area contributed by atoms with Crippen molar-refractivity contribution in [1.82, 2.24) is 14.1 Å². The van der Waals surface area contributed by atoms with E-state index in [-0.39, 0.29) is 0 Å². The Balaban J connectivity index is 1.30. The summed E-state index contributed by atoms with van der Waals surface area (Å²) in [5.41, 5.74) is 10.5. The van der Waals surface area contributed by atoms with E-state index in [4.69, 9.17) is 9.40 Å². The molecule has 3 heterocycles. The third kappa shape index (κ3) is 3.26. The van der Waals surface area contributed by atoms with Crippen LogP contribution in [0.3, 0.4) is 0 Å². The smallest absolute Gasteiger partial charge is 0.149 e. The summed E-state index contributed by atoms with van der Waals surface area (Å²) in [5.74, 6) is 0.863. The number of para-hydroxylation sites is 4. The summed E-state index contributed by atoms with van der Waals surface area (Å²) in [6.07, 6.45) is 0. The van der Waals surface area contributed by atoms with Crippen LogP contribution in [-0.2, 0) is 7.05 Å². The fourth-order valence-electron chi connectivity index (χ4n) is 6.54. The van der Waals surface area contributed by atoms with Gasteiger partial charge < -0.3 is 8.98 Å². The lowest BCUT2D eigenvalue weighted by Gasteiger charge is -2.11. The Labute approximate surface area is 241 Å². The topological polar surface area (TPSA) is 35.9 Å². The number of aromatic nitrogens is 3. The van der Waals surface area contributed by atoms with Crippen molar-refractivity contribution in [2.75, 3.05) is 0 Å². The van der Waals surface area contributed by atoms with Gasteiger partial charge >= 0.3 is 0 Å². The van der Waals surface area contributed by atoms with E-state index >= 15 is 0 Å². The lowest BCUT2D eigenvalue weighted by atomic mass is 10.0. The molecule has 0 aliphatic carbocycles. The molecule has 4 heteroatoms. The normalized spacial score (nSPS) is 11.9. The molecular formula is C38H25N3O. The maximum Gasteiger partial charge on any atom is 0.149 e. The van der Waals surface area contributed by atoms with Crippen molar-refractivity contribution in [2.45, 2.75) is 0 Å². The molecule has 0 fully saturated rings. The molecule has 198 valence electrons. The third-order valence-electron chi connectivity index (χ3n) is 8.56. The molecule has 0 unspecified atom stereocenters. The van der Waals surface area contributed by atoms with Gasteiger partial charge in [-0.05, 0) is 59.7 Å². The van der Waals surface area contributed by atoms with Crippen LogP contribution >= 0.6 is 0 Å². The molecule has 0 saturated carbocycles. The minimum absolute atomic E-state index is 0.847. The number of rotatable bonds is 3. The minimum atomic E-state index is 0.847. The number of aryl methyl sites for hydroxylation is 1. The predicted molar refractivity (Wildman–Crippen MR) is 173 cm³/mol. The van der Waals surface area contributed by atoms with Crippen LogP contribution in [0.5, 0.6) is 0 Å². The summed E-state index contributed by atoms with van der Waals surface area (Å²) in [5, 5.41) is 4.70. The van der Waals surface area contributed by atoms with E-state index in [1.165, 1.54) is 27.4 Å². The largest absolute Gasteiger partial charge is 0.455 e. The molecule has 4 nitrogen and oxygen atoms in total. The Morgan fingerprint density at radius 3 is 2.19 bits per heavy atom. The number of benzene rings is 6. The Bertz CT molecular complexity index is 2480. The van der Waals surface area contributed by atoms with Crippen molar-refractivity contribution < 1.29 is 4.42 Å². The lowest BCUT2D eigenvalue weighted by Crippen LogP contribution is -1.98. The summed E-state index contributed by atoms with van der Waals surface area (Å²) in [4.78, 5) is 5.19. The van der Waals surface area contributed by atoms with Crippen LogP contribution < -0.4 is 0 Å². The molecular weight excluding hydrogens is 514 g/mol. The monoisotopic (exact) mass is 539 g/mol. The first-order valence-electron chi connectivity index (χ1n) is 14.2. The van der Waals surface area contributed by atoms with Gasteiger partial charge in [0.1, 0.15) is 17.0 Å². The average molecular weight is 540 g/mol. The first kappa shape index (κ1) is 23.1. The number of hydrogen-bond donors (Lipinski definition) is 0. The average Bonchev–Trinajstić information content (AvgIpc) is 3.71. The highest BCUT2D eigenvalue weighted by Crippen LogP contribution is 2.39. The van der Waals surface area contributed by atoms with Gasteiger partial charge in [-0.25, -0.2) is 4.98 Å². The molecule has 6 aromatic carbocycles. The maximum absolute atomic E-state index is 6.66. The standard InChI is InChI=1S/C38H25N3O/c1-40-33-16-7-5-12-27(33)28-21-19-26(23-35(28)40)41-34-17-8-6-15-32(34)39-38(41)31-14-9-13-30-29-20-18-25(22-36(29)42-37(30)31)24-10-3-2-4-11-24/h2-23H,1H3. The van der Waals surface area contributed by atoms with Gasteiger partial charge in [0, 0.05) is 39.8 Å². The summed E-state index contributed by atoms with van der Waals surface area (Å²) >= 11 is 0. The molecule has 0 amide bonds. The molecule has 0 aliphatic rings. The van der Waals surface area contributed by atoms with E-state index in [9.17, 15) is 0 Å². The zero-order chi connectivity index (χ0) is 27.8. The van der Waals surface area contributed by atoms with E-state index in [0.717, 1.165) is 55.6 Å². The van der Waals surface area contributed by atoms with E-state index in [0.29, 0.717) is 0 Å². The van der Waals surface area contributed by atoms with Gasteiger partial charge in [0.05, 0.1) is 22.1 Å². The molecule has 0 N–H and O–H groups in total. The highest BCUT2D eigenvalue weighted by Gasteiger charge is 2.20. The molecule has 42 heavy (non-hydrogen) atoms. The van der Waals surface area contributed by atoms with Crippen LogP contribution in [0.4, 0.5) is 0 Å². The number of hydrogen-bond acceptors (Lipinski definition) is 2. The van der Waals surface area contributed by atoms with Crippen molar-refractivity contribution in [3.63, 3.8) is 0 Å². The first-order valence-corrected chi connectivity index (χ1v) is 14.2. The summed E-state index contributed by atoms with van der Waals surface area (Å²) < 4.78 is 11.2. The van der Waals surface area contributed by atoms with Gasteiger partial charge in [0.25, 0.3) is 0 Å². The quantitative estimate of drug-likeness (QED) is 0.224. The molecule has 9 aromatic rings. The van der Waals surface area contributed by atoms with Crippen LogP contribution in [-0.4, -0.2) is 14.1 Å². The second-order valence-corrected chi connectivity index (χ2v) is 10.9. The van der Waals surface area contributed by atoms with E-state index in [1.807, 2.05) is 12.1 Å². The van der Waals surface area contributed by atoms with Crippen molar-refractivity contribution in [3.05, 3.63) is 133 Å². The highest BCUT2D eigenvalue weighted by atomic mass is 16.3. The van der Waals surface area contributed by atoms with Crippen LogP contribution in [0.25, 0.3) is 83.0 Å². The second kappa shape index (κ2) is 8.69. The van der Waals surface area contributed by atoms with Gasteiger partial charge in [-0.2, -0.15) is 0 Å². The Kier molecular flexibility index (Phi) is 4.79. The number of furan rings is 1. The van der Waals surface area contributed by atoms with Gasteiger partial charge in [-0.3, -0.25) is 4.57 Å². The zero-order valence-corrected chi connectivity index (χ0v) is 23.0. The Morgan fingerprint density at radius 2 is 1.29 bits per heavy atom. The molecule has 0 radical (unpaired) electrons. The molecule has 0 aliphatic heterocycles. The first-order chi connectivity index (χ1) is 20.7. The van der Waals surface area contributed by atoms with Crippen molar-refractivity contribution in [1.29, 1.82) is 0 Å². The molecule has 9 rings (SSSR count). The fourth-order valence-corrected chi connectivity index (χ4v) is 6.54. The van der Waals surface area contributed by atoms with E-state index in [1.54, 1.807) is 0 Å². The van der Waals surface area contributed by atoms with Gasteiger partial charge in [-0.15, -0.1) is 0 Å². The lowest BCUT2D eigenvalue weighted by molar-refractivity contribution is 0.669. The van der Waals surface area contributed by atoms with Crippen molar-refractivity contribution in [2.24, 2.45) is 7.05 Å². The predicted octanol–water partition coefficient (Wildman–Crippen LogP) is 9.90. The number of fused-ring (bicyclic) bond motifs is 7. The fraction of sp³-hybridized carbons (Fsp3) is 0.0263. The number of imidazole rings is 1. The molecule has 0 spiro atoms. The van der Waals surface area contributed by atoms with E-state index < -0.39 is 0 Å². The summed E-state index contributed by atoms with van der Waals surface area (Å²) in [7, 11) is 2.14. The third-order valence-corrected chi connectivity index (χ3v) is 8.56. The SMILES string of the molecule is Cn1c2ccccc2c2ccc(-n3c(-c4cccc5c4oc4cc(-c6ccccc6)ccc45)nc4ccccc43)cc21. The van der Waals surface area contributed by atoms with Crippen LogP contribution in [0.15, 0.2) is 138 Å². The molecule has 0 bridgehead atoms. The van der Waals surface area contributed by atoms with Crippen molar-refractivity contribution >= 4 is 54.8 Å². The Morgan fingerprint density at radius 1 is 0.548 bits per heavy atom. The summed E-state index contributed by atoms with van der Waals surface area (Å²) in [6, 6.07) is 46.9. The summed E-state index contributed by atoms with van der Waals surface area (Å²) in [6.45, 7) is 0. The Hall–Kier alpha value is -5.61. The van der Waals surface area contributed by atoms with Crippen LogP contribution in [0.1, 0.15) is 0 Å². The second-order valence-electron chi connectivity index (χ2n) is 10.9. The highest BCUT2D eigenvalue weighted by molar-refractivity contribution is 6.11. The van der Waals surface area contributed by atoms with Gasteiger partial charge in [-0.1, -0.05) is 84.9 Å². The van der Waals surface area contributed by atoms with Gasteiger partial charge in [0.15, 0.2) is 0 Å². The molecule has 0 atom stereocenters. The maximum atomic E-state index is 6.66. The van der Waals surface area contributed by atoms with Crippen molar-refractivity contribution in [3.8, 4) is 28.2 Å². The molecule has 3 aromatic heterocycles. The molecule has 0 saturated heterocycles. The zero-order valence-electron chi connectivity index (χ0n) is 23.0. The number of nitrogens with zero attached hydrogens (tertiary/aromatic N) is 3. The minimum Gasteiger partial charge on any atom is -0.455 e. The van der Waals surface area contributed by atoms with Gasteiger partial charge in [0.2, 0.25) is 0 Å². The van der Waals surface area contributed by atoms with Crippen LogP contribution in [0, 0.1) is 0 Å².